The Morgan fingerprint density at radius 3 is 2.59 bits per heavy atom. The van der Waals surface area contributed by atoms with E-state index in [-0.39, 0.29) is 12.5 Å². The Hall–Kier alpha value is -1.89. The normalized spacial score (nSPS) is 18.9. The molecule has 4 rings (SSSR count). The monoisotopic (exact) mass is 398 g/mol. The maximum Gasteiger partial charge on any atom is 0.253 e. The Balaban J connectivity index is 1.37. The van der Waals surface area contributed by atoms with Gasteiger partial charge in [0.05, 0.1) is 6.61 Å². The highest BCUT2D eigenvalue weighted by Gasteiger charge is 2.28. The van der Waals surface area contributed by atoms with Crippen LogP contribution in [0.5, 0.6) is 0 Å². The molecule has 1 aromatic carbocycles. The molecule has 2 heterocycles. The molecule has 1 aliphatic heterocycles. The van der Waals surface area contributed by atoms with Gasteiger partial charge in [0.1, 0.15) is 0 Å². The van der Waals surface area contributed by atoms with Gasteiger partial charge in [-0.05, 0) is 44.2 Å². The van der Waals surface area contributed by atoms with E-state index >= 15 is 0 Å². The van der Waals surface area contributed by atoms with Crippen molar-refractivity contribution in [3.05, 3.63) is 36.0 Å². The van der Waals surface area contributed by atoms with E-state index in [1.165, 1.54) is 25.7 Å². The van der Waals surface area contributed by atoms with Gasteiger partial charge in [0.25, 0.3) is 5.91 Å². The molecule has 1 aliphatic carbocycles. The zero-order valence-corrected chi connectivity index (χ0v) is 17.6. The Kier molecular flexibility index (Phi) is 6.53. The summed E-state index contributed by atoms with van der Waals surface area (Å²) < 4.78 is 2.22. The molecule has 0 bridgehead atoms. The lowest BCUT2D eigenvalue weighted by Gasteiger charge is -2.38. The van der Waals surface area contributed by atoms with Crippen molar-refractivity contribution in [2.75, 3.05) is 52.9 Å². The molecule has 0 atom stereocenters. The number of hydrogen-bond donors (Lipinski definition) is 1. The number of hydrogen-bond acceptors (Lipinski definition) is 4. The highest BCUT2D eigenvalue weighted by atomic mass is 16.3. The van der Waals surface area contributed by atoms with E-state index in [9.17, 15) is 4.79 Å². The van der Waals surface area contributed by atoms with Crippen molar-refractivity contribution in [1.82, 2.24) is 19.3 Å². The molecular weight excluding hydrogens is 364 g/mol. The molecule has 2 aromatic rings. The topological polar surface area (TPSA) is 52.0 Å². The zero-order chi connectivity index (χ0) is 20.2. The largest absolute Gasteiger partial charge is 0.395 e. The number of carbonyl (C=O) groups excluding carboxylic acids is 1. The lowest BCUT2D eigenvalue weighted by molar-refractivity contribution is 0.0573. The molecule has 0 spiro atoms. The lowest BCUT2D eigenvalue weighted by Crippen LogP contribution is -2.51. The summed E-state index contributed by atoms with van der Waals surface area (Å²) in [5, 5.41) is 10.2. The summed E-state index contributed by atoms with van der Waals surface area (Å²) in [5.74, 6) is 0.161. The van der Waals surface area contributed by atoms with Gasteiger partial charge in [-0.3, -0.25) is 9.69 Å². The average Bonchev–Trinajstić information content (AvgIpc) is 3.42. The molecule has 6 heteroatoms. The van der Waals surface area contributed by atoms with Crippen LogP contribution in [0, 0.1) is 0 Å². The first-order valence-electron chi connectivity index (χ1n) is 11.1. The smallest absolute Gasteiger partial charge is 0.253 e. The van der Waals surface area contributed by atoms with Gasteiger partial charge in [-0.15, -0.1) is 0 Å². The van der Waals surface area contributed by atoms with Gasteiger partial charge in [-0.1, -0.05) is 12.8 Å². The summed E-state index contributed by atoms with van der Waals surface area (Å²) in [6, 6.07) is 8.93. The van der Waals surface area contributed by atoms with Crippen LogP contribution in [0.25, 0.3) is 10.9 Å². The minimum atomic E-state index is 0.161. The van der Waals surface area contributed by atoms with Crippen molar-refractivity contribution in [3.63, 3.8) is 0 Å². The molecule has 0 unspecified atom stereocenters. The highest BCUT2D eigenvalue weighted by molar-refractivity contribution is 5.98. The molecule has 29 heavy (non-hydrogen) atoms. The third kappa shape index (κ3) is 4.65. The van der Waals surface area contributed by atoms with E-state index in [1.807, 2.05) is 24.1 Å². The second-order valence-corrected chi connectivity index (χ2v) is 8.58. The van der Waals surface area contributed by atoms with E-state index in [2.05, 4.69) is 32.7 Å². The lowest BCUT2D eigenvalue weighted by atomic mass is 10.1. The third-order valence-electron chi connectivity index (χ3n) is 6.66. The fraction of sp³-hybridized carbons (Fsp3) is 0.609. The van der Waals surface area contributed by atoms with Crippen molar-refractivity contribution in [3.8, 4) is 0 Å². The van der Waals surface area contributed by atoms with Gasteiger partial charge < -0.3 is 19.5 Å². The van der Waals surface area contributed by atoms with Crippen molar-refractivity contribution in [2.45, 2.75) is 38.3 Å². The van der Waals surface area contributed by atoms with Crippen molar-refractivity contribution < 1.29 is 9.90 Å². The molecule has 1 saturated heterocycles. The Morgan fingerprint density at radius 1 is 1.10 bits per heavy atom. The number of carbonyl (C=O) groups is 1. The number of aliphatic hydroxyl groups excluding tert-OH is 1. The Bertz CT molecular complexity index is 819. The minimum absolute atomic E-state index is 0.161. The zero-order valence-electron chi connectivity index (χ0n) is 17.6. The van der Waals surface area contributed by atoms with Crippen LogP contribution < -0.4 is 0 Å². The predicted octanol–water partition coefficient (Wildman–Crippen LogP) is 2.27. The van der Waals surface area contributed by atoms with E-state index in [0.717, 1.165) is 61.8 Å². The Morgan fingerprint density at radius 2 is 1.86 bits per heavy atom. The average molecular weight is 399 g/mol. The number of rotatable bonds is 7. The third-order valence-corrected chi connectivity index (χ3v) is 6.66. The molecule has 1 amide bonds. The molecule has 6 nitrogen and oxygen atoms in total. The Labute approximate surface area is 173 Å². The SMILES string of the molecule is CN(CCO)CCn1ccc2cc(C(=O)N3CCN(C4CCCC4)CC3)ccc21. The van der Waals surface area contributed by atoms with Gasteiger partial charge in [0.2, 0.25) is 0 Å². The van der Waals surface area contributed by atoms with Crippen molar-refractivity contribution in [2.24, 2.45) is 0 Å². The summed E-state index contributed by atoms with van der Waals surface area (Å²) >= 11 is 0. The quantitative estimate of drug-likeness (QED) is 0.777. The number of fused-ring (bicyclic) bond motifs is 1. The fourth-order valence-electron chi connectivity index (χ4n) is 4.83. The second-order valence-electron chi connectivity index (χ2n) is 8.58. The van der Waals surface area contributed by atoms with Crippen LogP contribution >= 0.6 is 0 Å². The standard InChI is InChI=1S/C23H34N4O2/c1-24(16-17-28)10-11-26-9-8-19-18-20(6-7-22(19)26)23(29)27-14-12-25(13-15-27)21-4-2-3-5-21/h6-9,18,21,28H,2-5,10-17H2,1H3. The van der Waals surface area contributed by atoms with E-state index in [4.69, 9.17) is 5.11 Å². The minimum Gasteiger partial charge on any atom is -0.395 e. The number of nitrogens with zero attached hydrogens (tertiary/aromatic N) is 4. The number of amides is 1. The van der Waals surface area contributed by atoms with Crippen LogP contribution in [0.1, 0.15) is 36.0 Å². The van der Waals surface area contributed by atoms with E-state index < -0.39 is 0 Å². The summed E-state index contributed by atoms with van der Waals surface area (Å²) in [6.45, 7) is 6.33. The maximum atomic E-state index is 13.0. The fourth-order valence-corrected chi connectivity index (χ4v) is 4.83. The summed E-state index contributed by atoms with van der Waals surface area (Å²) in [4.78, 5) is 19.8. The van der Waals surface area contributed by atoms with Crippen LogP contribution in [0.3, 0.4) is 0 Å². The van der Waals surface area contributed by atoms with Crippen LogP contribution in [0.15, 0.2) is 30.5 Å². The number of likely N-dealkylation sites (N-methyl/N-ethyl adjacent to an activating group) is 1. The summed E-state index contributed by atoms with van der Waals surface area (Å²) in [7, 11) is 2.02. The highest BCUT2D eigenvalue weighted by Crippen LogP contribution is 2.25. The van der Waals surface area contributed by atoms with Crippen LogP contribution in [-0.4, -0.2) is 89.2 Å². The van der Waals surface area contributed by atoms with Gasteiger partial charge >= 0.3 is 0 Å². The molecular formula is C23H34N4O2. The first-order chi connectivity index (χ1) is 14.2. The predicted molar refractivity (Wildman–Crippen MR) is 116 cm³/mol. The number of benzene rings is 1. The van der Waals surface area contributed by atoms with Crippen LogP contribution in [0.2, 0.25) is 0 Å². The van der Waals surface area contributed by atoms with Gasteiger partial charge in [-0.2, -0.15) is 0 Å². The molecule has 2 fully saturated rings. The van der Waals surface area contributed by atoms with Gasteiger partial charge in [0.15, 0.2) is 0 Å². The van der Waals surface area contributed by atoms with Crippen LogP contribution in [0.4, 0.5) is 0 Å². The molecule has 0 radical (unpaired) electrons. The molecule has 1 N–H and O–H groups in total. The molecule has 2 aliphatic rings. The summed E-state index contributed by atoms with van der Waals surface area (Å²) in [6.07, 6.45) is 7.48. The number of aliphatic hydroxyl groups is 1. The second kappa shape index (κ2) is 9.28. The molecule has 1 aromatic heterocycles. The van der Waals surface area contributed by atoms with E-state index in [1.54, 1.807) is 0 Å². The molecule has 1 saturated carbocycles. The summed E-state index contributed by atoms with van der Waals surface area (Å²) in [5.41, 5.74) is 1.95. The maximum absolute atomic E-state index is 13.0. The van der Waals surface area contributed by atoms with Gasteiger partial charge in [0, 0.05) is 74.5 Å². The van der Waals surface area contributed by atoms with E-state index in [0.29, 0.717) is 6.54 Å². The van der Waals surface area contributed by atoms with Crippen molar-refractivity contribution in [1.29, 1.82) is 0 Å². The van der Waals surface area contributed by atoms with Crippen LogP contribution in [-0.2, 0) is 6.54 Å². The number of piperazine rings is 1. The van der Waals surface area contributed by atoms with Crippen molar-refractivity contribution >= 4 is 16.8 Å². The number of aromatic nitrogens is 1. The first-order valence-corrected chi connectivity index (χ1v) is 11.1. The molecule has 158 valence electrons. The van der Waals surface area contributed by atoms with Gasteiger partial charge in [-0.25, -0.2) is 0 Å². The first kappa shape index (κ1) is 20.4.